The average Bonchev–Trinajstić information content (AvgIpc) is 3.03. The minimum Gasteiger partial charge on any atom is -0.467 e. The van der Waals surface area contributed by atoms with E-state index in [4.69, 9.17) is 4.42 Å². The maximum Gasteiger partial charge on any atom is 0.315 e. The molecule has 2 unspecified atom stereocenters. The van der Waals surface area contributed by atoms with E-state index in [2.05, 4.69) is 15.6 Å². The van der Waals surface area contributed by atoms with Crippen LogP contribution in [0.5, 0.6) is 0 Å². The molecule has 0 bridgehead atoms. The van der Waals surface area contributed by atoms with Gasteiger partial charge in [0.2, 0.25) is 0 Å². The summed E-state index contributed by atoms with van der Waals surface area (Å²) in [5.41, 5.74) is 2.06. The van der Waals surface area contributed by atoms with Crippen molar-refractivity contribution < 1.29 is 14.3 Å². The number of carbonyl (C=O) groups excluding carboxylic acids is 1. The van der Waals surface area contributed by atoms with Gasteiger partial charge in [0.25, 0.3) is 0 Å². The van der Waals surface area contributed by atoms with Gasteiger partial charge in [0.05, 0.1) is 6.26 Å². The zero-order chi connectivity index (χ0) is 16.7. The summed E-state index contributed by atoms with van der Waals surface area (Å²) in [6.45, 7) is 4.31. The van der Waals surface area contributed by atoms with Crippen LogP contribution in [0.2, 0.25) is 0 Å². The lowest BCUT2D eigenvalue weighted by atomic mass is 10.1. The zero-order valence-corrected chi connectivity index (χ0v) is 13.5. The second-order valence-corrected chi connectivity index (χ2v) is 5.63. The number of aliphatic hydroxyl groups excluding tert-OH is 1. The maximum absolute atomic E-state index is 11.8. The van der Waals surface area contributed by atoms with E-state index in [0.717, 1.165) is 17.7 Å². The van der Waals surface area contributed by atoms with E-state index in [9.17, 15) is 9.90 Å². The Hall–Kier alpha value is -2.34. The maximum atomic E-state index is 11.8. The number of rotatable bonds is 7. The van der Waals surface area contributed by atoms with Crippen molar-refractivity contribution in [2.75, 3.05) is 6.54 Å². The lowest BCUT2D eigenvalue weighted by Gasteiger charge is -2.17. The van der Waals surface area contributed by atoms with Crippen molar-refractivity contribution in [3.63, 3.8) is 0 Å². The van der Waals surface area contributed by atoms with Gasteiger partial charge in [-0.1, -0.05) is 6.07 Å². The van der Waals surface area contributed by atoms with Crippen LogP contribution in [-0.2, 0) is 6.42 Å². The highest BCUT2D eigenvalue weighted by Crippen LogP contribution is 2.18. The average molecular weight is 317 g/mol. The van der Waals surface area contributed by atoms with E-state index in [1.807, 2.05) is 32.2 Å². The Morgan fingerprint density at radius 3 is 2.87 bits per heavy atom. The van der Waals surface area contributed by atoms with Crippen molar-refractivity contribution >= 4 is 6.03 Å². The lowest BCUT2D eigenvalue weighted by Crippen LogP contribution is -2.42. The fourth-order valence-corrected chi connectivity index (χ4v) is 2.23. The van der Waals surface area contributed by atoms with Gasteiger partial charge in [-0.15, -0.1) is 0 Å². The van der Waals surface area contributed by atoms with Crippen LogP contribution >= 0.6 is 0 Å². The Kier molecular flexibility index (Phi) is 6.17. The van der Waals surface area contributed by atoms with Crippen molar-refractivity contribution in [1.29, 1.82) is 0 Å². The molecule has 2 rings (SSSR count). The largest absolute Gasteiger partial charge is 0.467 e. The number of nitrogens with one attached hydrogen (secondary N) is 2. The SMILES string of the molecule is Cc1ccc(CCNC(=O)NC(C)CC(O)c2ccco2)cn1. The zero-order valence-electron chi connectivity index (χ0n) is 13.5. The van der Waals surface area contributed by atoms with E-state index in [1.54, 1.807) is 12.1 Å². The van der Waals surface area contributed by atoms with Crippen LogP contribution in [-0.4, -0.2) is 28.7 Å². The Bertz CT molecular complexity index is 596. The summed E-state index contributed by atoms with van der Waals surface area (Å²) < 4.78 is 5.14. The predicted octanol–water partition coefficient (Wildman–Crippen LogP) is 2.34. The van der Waals surface area contributed by atoms with Gasteiger partial charge >= 0.3 is 6.03 Å². The first kappa shape index (κ1) is 17.0. The first-order valence-electron chi connectivity index (χ1n) is 7.72. The van der Waals surface area contributed by atoms with E-state index < -0.39 is 6.10 Å². The molecule has 2 aromatic heterocycles. The molecule has 0 aliphatic rings. The highest BCUT2D eigenvalue weighted by Gasteiger charge is 2.16. The molecular formula is C17H23N3O3. The number of carbonyl (C=O) groups is 1. The van der Waals surface area contributed by atoms with Crippen LogP contribution in [0.3, 0.4) is 0 Å². The lowest BCUT2D eigenvalue weighted by molar-refractivity contribution is 0.129. The van der Waals surface area contributed by atoms with Gasteiger partial charge in [0, 0.05) is 30.9 Å². The van der Waals surface area contributed by atoms with Crippen LogP contribution in [0.25, 0.3) is 0 Å². The summed E-state index contributed by atoms with van der Waals surface area (Å²) in [7, 11) is 0. The normalized spacial score (nSPS) is 13.3. The summed E-state index contributed by atoms with van der Waals surface area (Å²) in [6.07, 6.45) is 3.73. The van der Waals surface area contributed by atoms with Crippen LogP contribution in [0.4, 0.5) is 4.79 Å². The molecule has 2 heterocycles. The van der Waals surface area contributed by atoms with E-state index in [0.29, 0.717) is 18.7 Å². The van der Waals surface area contributed by atoms with Crippen molar-refractivity contribution in [1.82, 2.24) is 15.6 Å². The standard InChI is InChI=1S/C17H23N3O3/c1-12-5-6-14(11-19-12)7-8-18-17(22)20-13(2)10-15(21)16-4-3-9-23-16/h3-6,9,11,13,15,21H,7-8,10H2,1-2H3,(H2,18,20,22). The molecule has 0 saturated carbocycles. The van der Waals surface area contributed by atoms with Gasteiger partial charge in [0.1, 0.15) is 11.9 Å². The van der Waals surface area contributed by atoms with Crippen LogP contribution < -0.4 is 10.6 Å². The van der Waals surface area contributed by atoms with Gasteiger partial charge in [0.15, 0.2) is 0 Å². The number of amides is 2. The number of nitrogens with zero attached hydrogens (tertiary/aromatic N) is 1. The molecule has 6 nitrogen and oxygen atoms in total. The van der Waals surface area contributed by atoms with Crippen LogP contribution in [0, 0.1) is 6.92 Å². The quantitative estimate of drug-likeness (QED) is 0.731. The highest BCUT2D eigenvalue weighted by molar-refractivity contribution is 5.74. The van der Waals surface area contributed by atoms with E-state index >= 15 is 0 Å². The summed E-state index contributed by atoms with van der Waals surface area (Å²) >= 11 is 0. The Morgan fingerprint density at radius 2 is 2.22 bits per heavy atom. The number of aromatic nitrogens is 1. The number of hydrogen-bond acceptors (Lipinski definition) is 4. The number of aryl methyl sites for hydroxylation is 1. The van der Waals surface area contributed by atoms with Crippen LogP contribution in [0.1, 0.15) is 36.5 Å². The molecule has 2 atom stereocenters. The monoisotopic (exact) mass is 317 g/mol. The number of pyridine rings is 1. The molecule has 6 heteroatoms. The van der Waals surface area contributed by atoms with E-state index in [-0.39, 0.29) is 12.1 Å². The smallest absolute Gasteiger partial charge is 0.315 e. The topological polar surface area (TPSA) is 87.4 Å². The number of urea groups is 1. The number of furan rings is 1. The minimum atomic E-state index is -0.723. The minimum absolute atomic E-state index is 0.170. The molecular weight excluding hydrogens is 294 g/mol. The van der Waals surface area contributed by atoms with Crippen molar-refractivity contribution in [2.45, 2.75) is 38.8 Å². The number of aliphatic hydroxyl groups is 1. The Balaban J connectivity index is 1.66. The third-order valence-corrected chi connectivity index (χ3v) is 3.50. The second kappa shape index (κ2) is 8.33. The molecule has 0 aliphatic heterocycles. The van der Waals surface area contributed by atoms with Gasteiger partial charge < -0.3 is 20.2 Å². The second-order valence-electron chi connectivity index (χ2n) is 5.63. The molecule has 2 amide bonds. The predicted molar refractivity (Wildman–Crippen MR) is 87.0 cm³/mol. The molecule has 2 aromatic rings. The summed E-state index contributed by atoms with van der Waals surface area (Å²) in [5, 5.41) is 15.6. The Labute approximate surface area is 135 Å². The van der Waals surface area contributed by atoms with Gasteiger partial charge in [-0.05, 0) is 44.0 Å². The molecule has 0 saturated heterocycles. The first-order valence-corrected chi connectivity index (χ1v) is 7.72. The molecule has 0 spiro atoms. The van der Waals surface area contributed by atoms with Crippen LogP contribution in [0.15, 0.2) is 41.1 Å². The molecule has 0 radical (unpaired) electrons. The van der Waals surface area contributed by atoms with Crippen molar-refractivity contribution in [3.8, 4) is 0 Å². The fourth-order valence-electron chi connectivity index (χ4n) is 2.23. The molecule has 0 aromatic carbocycles. The molecule has 0 aliphatic carbocycles. The summed E-state index contributed by atoms with van der Waals surface area (Å²) in [6, 6.07) is 6.98. The molecule has 124 valence electrons. The first-order chi connectivity index (χ1) is 11.0. The molecule has 23 heavy (non-hydrogen) atoms. The van der Waals surface area contributed by atoms with Crippen molar-refractivity contribution in [2.24, 2.45) is 0 Å². The summed E-state index contributed by atoms with van der Waals surface area (Å²) in [5.74, 6) is 0.505. The molecule has 3 N–H and O–H groups in total. The number of hydrogen-bond donors (Lipinski definition) is 3. The third-order valence-electron chi connectivity index (χ3n) is 3.50. The molecule has 0 fully saturated rings. The summed E-state index contributed by atoms with van der Waals surface area (Å²) in [4.78, 5) is 16.0. The highest BCUT2D eigenvalue weighted by atomic mass is 16.4. The van der Waals surface area contributed by atoms with Gasteiger partial charge in [-0.25, -0.2) is 4.79 Å². The van der Waals surface area contributed by atoms with Gasteiger partial charge in [-0.3, -0.25) is 4.98 Å². The van der Waals surface area contributed by atoms with E-state index in [1.165, 1.54) is 6.26 Å². The van der Waals surface area contributed by atoms with Crippen molar-refractivity contribution in [3.05, 3.63) is 53.7 Å². The van der Waals surface area contributed by atoms with Gasteiger partial charge in [-0.2, -0.15) is 0 Å². The Morgan fingerprint density at radius 1 is 1.39 bits per heavy atom. The fraction of sp³-hybridized carbons (Fsp3) is 0.412. The third kappa shape index (κ3) is 5.75.